The minimum Gasteiger partial charge on any atom is -0.273 e. The van der Waals surface area contributed by atoms with Gasteiger partial charge in [0.05, 0.1) is 0 Å². The summed E-state index contributed by atoms with van der Waals surface area (Å²) in [5.74, 6) is 0. The van der Waals surface area contributed by atoms with Gasteiger partial charge in [-0.05, 0) is 41.2 Å². The molecule has 4 heterocycles. The molecule has 3 radical (unpaired) electrons. The summed E-state index contributed by atoms with van der Waals surface area (Å²) in [6.45, 7) is 42.5. The molecule has 0 saturated carbocycles. The Morgan fingerprint density at radius 3 is 1.35 bits per heavy atom. The van der Waals surface area contributed by atoms with Gasteiger partial charge in [0, 0.05) is 122 Å². The van der Waals surface area contributed by atoms with Crippen LogP contribution in [-0.4, -0.2) is 4.98 Å². The summed E-state index contributed by atoms with van der Waals surface area (Å²) in [7, 11) is 6.22. The molecular weight excluding hydrogens is 1490 g/mol. The number of fused-ring (bicyclic) bond motifs is 5. The van der Waals surface area contributed by atoms with Gasteiger partial charge in [0.1, 0.15) is 38.2 Å². The number of nitrogens with zero attached hydrogens (tertiary/aromatic N) is 4. The molecule has 4 aromatic heterocycles. The van der Waals surface area contributed by atoms with Crippen LogP contribution in [0.5, 0.6) is 0 Å². The molecule has 0 fully saturated rings. The first kappa shape index (κ1) is 97.2. The summed E-state index contributed by atoms with van der Waals surface area (Å²) in [5, 5.41) is 11.0. The molecule has 104 heavy (non-hydrogen) atoms. The van der Waals surface area contributed by atoms with E-state index in [0.717, 1.165) is 83.6 Å². The van der Waals surface area contributed by atoms with Crippen molar-refractivity contribution in [3.8, 4) is 56.0 Å². The summed E-state index contributed by atoms with van der Waals surface area (Å²) in [6, 6.07) is 92.4. The van der Waals surface area contributed by atoms with Crippen LogP contribution in [0.15, 0.2) is 237 Å². The van der Waals surface area contributed by atoms with Crippen LogP contribution in [0.25, 0.3) is 116 Å². The van der Waals surface area contributed by atoms with Gasteiger partial charge in [-0.2, -0.15) is 88.5 Å². The van der Waals surface area contributed by atoms with Gasteiger partial charge >= 0.3 is 0 Å². The fraction of sp³-hybridized carbons (Fsp3) is 0.258. The Morgan fingerprint density at radius 2 is 0.788 bits per heavy atom. The predicted octanol–water partition coefficient (Wildman–Crippen LogP) is 26.4. The second-order valence-electron chi connectivity index (χ2n) is 21.1. The molecule has 15 rings (SSSR count). The van der Waals surface area contributed by atoms with Crippen LogP contribution >= 0.6 is 0 Å². The maximum Gasteiger partial charge on any atom is 0.161 e. The molecule has 0 bridgehead atoms. The van der Waals surface area contributed by atoms with E-state index in [2.05, 4.69) is 310 Å². The third-order valence-electron chi connectivity index (χ3n) is 15.9. The number of hydrogen-bond acceptors (Lipinski definition) is 1. The SMILES string of the molecule is C.CC.CC.CC.CC.CC.CC.CC.CC.CC.Cc1c(-c2cccc[n+]2C)[c-]c(-c2[c-]c3ccccc3cc2)c2ccccc12.Cc1ccc(-c2[c-]cc3ccc4ccccc4c3c2)[c-]c1-c1cccc[n+]1C.Cc1ccc(C2=[C-]c3ccnc4cccc2c34)[c-]c1-c1cccc[n+]1C.[Y].[Y].[Y]. The van der Waals surface area contributed by atoms with E-state index in [0.29, 0.717) is 0 Å². The Morgan fingerprint density at radius 1 is 0.337 bits per heavy atom. The first-order valence-corrected chi connectivity index (χ1v) is 36.8. The molecule has 0 unspecified atom stereocenters. The third-order valence-corrected chi connectivity index (χ3v) is 15.9. The van der Waals surface area contributed by atoms with Crippen molar-refractivity contribution in [3.63, 3.8) is 0 Å². The Kier molecular flexibility index (Phi) is 48.8. The minimum absolute atomic E-state index is 0. The smallest absolute Gasteiger partial charge is 0.161 e. The Bertz CT molecular complexity index is 4850. The first-order chi connectivity index (χ1) is 49.1. The van der Waals surface area contributed by atoms with E-state index in [4.69, 9.17) is 0 Å². The summed E-state index contributed by atoms with van der Waals surface area (Å²) < 4.78 is 6.43. The largest absolute Gasteiger partial charge is 0.273 e. The van der Waals surface area contributed by atoms with E-state index in [-0.39, 0.29) is 106 Å². The summed E-state index contributed by atoms with van der Waals surface area (Å²) in [6.07, 6.45) is 11.7. The number of rotatable bonds is 6. The maximum atomic E-state index is 4.49. The van der Waals surface area contributed by atoms with Crippen LogP contribution in [-0.2, 0) is 119 Å². The molecule has 0 N–H and O–H groups in total. The zero-order valence-corrected chi connectivity index (χ0v) is 75.1. The number of hydrogen-bond donors (Lipinski definition) is 0. The van der Waals surface area contributed by atoms with Gasteiger partial charge in [0.2, 0.25) is 0 Å². The van der Waals surface area contributed by atoms with Gasteiger partial charge in [-0.1, -0.05) is 289 Å². The van der Waals surface area contributed by atoms with Crippen LogP contribution < -0.4 is 13.7 Å². The van der Waals surface area contributed by atoms with Crippen molar-refractivity contribution in [1.29, 1.82) is 0 Å². The fourth-order valence-electron chi connectivity index (χ4n) is 11.5. The van der Waals surface area contributed by atoms with Gasteiger partial charge < -0.3 is 0 Å². The molecular formula is C97H115N4Y3-3. The minimum atomic E-state index is 0. The topological polar surface area (TPSA) is 24.5 Å². The second kappa shape index (κ2) is 52.2. The average molecular weight is 1600 g/mol. The number of aromatic nitrogens is 4. The van der Waals surface area contributed by atoms with Crippen LogP contribution in [0.4, 0.5) is 0 Å². The molecule has 535 valence electrons. The fourth-order valence-corrected chi connectivity index (χ4v) is 11.5. The molecule has 10 aromatic carbocycles. The summed E-state index contributed by atoms with van der Waals surface area (Å²) in [4.78, 5) is 4.49. The number of benzene rings is 10. The number of pyridine rings is 4. The van der Waals surface area contributed by atoms with Crippen molar-refractivity contribution >= 4 is 59.6 Å². The molecule has 0 aliphatic heterocycles. The van der Waals surface area contributed by atoms with E-state index >= 15 is 0 Å². The van der Waals surface area contributed by atoms with Gasteiger partial charge in [0.25, 0.3) is 0 Å². The zero-order chi connectivity index (χ0) is 73.8. The molecule has 0 saturated heterocycles. The first-order valence-electron chi connectivity index (χ1n) is 36.8. The molecule has 1 aliphatic rings. The van der Waals surface area contributed by atoms with E-state index < -0.39 is 0 Å². The van der Waals surface area contributed by atoms with Crippen molar-refractivity contribution in [2.75, 3.05) is 0 Å². The van der Waals surface area contributed by atoms with Crippen LogP contribution in [0.2, 0.25) is 0 Å². The van der Waals surface area contributed by atoms with Crippen molar-refractivity contribution in [2.24, 2.45) is 21.1 Å². The van der Waals surface area contributed by atoms with E-state index in [1.165, 1.54) is 65.3 Å². The predicted molar refractivity (Wildman–Crippen MR) is 444 cm³/mol. The maximum absolute atomic E-state index is 4.49. The molecule has 4 nitrogen and oxygen atoms in total. The summed E-state index contributed by atoms with van der Waals surface area (Å²) in [5.41, 5.74) is 20.4. The molecule has 0 amide bonds. The van der Waals surface area contributed by atoms with E-state index in [9.17, 15) is 0 Å². The summed E-state index contributed by atoms with van der Waals surface area (Å²) >= 11 is 0. The third kappa shape index (κ3) is 23.8. The molecule has 7 heteroatoms. The van der Waals surface area contributed by atoms with E-state index in [1.54, 1.807) is 0 Å². The molecule has 14 aromatic rings. The van der Waals surface area contributed by atoms with Crippen LogP contribution in [0.1, 0.15) is 165 Å². The normalized spacial score (nSPS) is 9.67. The van der Waals surface area contributed by atoms with Gasteiger partial charge in [0.15, 0.2) is 18.6 Å². The molecule has 0 spiro atoms. The molecule has 0 atom stereocenters. The zero-order valence-electron chi connectivity index (χ0n) is 66.5. The molecule has 1 aliphatic carbocycles. The van der Waals surface area contributed by atoms with Crippen LogP contribution in [0, 0.1) is 57.2 Å². The van der Waals surface area contributed by atoms with Gasteiger partial charge in [-0.25, -0.2) is 19.3 Å². The van der Waals surface area contributed by atoms with E-state index in [1.807, 2.05) is 149 Å². The average Bonchev–Trinajstić information content (AvgIpc) is 1.42. The quantitative estimate of drug-likeness (QED) is 0.0925. The second-order valence-corrected chi connectivity index (χ2v) is 21.1. The van der Waals surface area contributed by atoms with Crippen molar-refractivity contribution < 1.29 is 112 Å². The van der Waals surface area contributed by atoms with Crippen molar-refractivity contribution in [3.05, 3.63) is 307 Å². The standard InChI is InChI=1S/2C27H20N.C24H17N2.9C2H6.CH4.3Y/c1-19-23-11-5-6-12-24(23)26(18-25(19)27-13-7-8-16-28(27)2)22-15-14-20-9-3-4-10-21(20)17-22;1-19-10-11-22(17-25(19)27-9-5-6-16-28(27)2)23-15-14-21-13-12-20-7-3-4-8-24(20)26(21)18-23;1-16-9-10-17(14-20(16)23-8-3-4-13-26(23)2)21-15-18-11-12-25-22-7-5-6-19(21)24(18)22;9*1-2;;;;/h3-16H,1-2H3;3-14,16,18H,1-2H3;3-13H,1-2H3;9*1-2H3;1H4;;;/q3*-1;;;;;;;;;;;;;. The Hall–Kier alpha value is -6.85. The van der Waals surface area contributed by atoms with Gasteiger partial charge in [-0.15, -0.1) is 91.8 Å². The van der Waals surface area contributed by atoms with Crippen molar-refractivity contribution in [2.45, 2.75) is 153 Å². The van der Waals surface area contributed by atoms with Crippen LogP contribution in [0.3, 0.4) is 0 Å². The van der Waals surface area contributed by atoms with Gasteiger partial charge in [-0.3, -0.25) is 4.98 Å². The number of aryl methyl sites for hydroxylation is 6. The monoisotopic (exact) mass is 1600 g/mol. The Labute approximate surface area is 705 Å². The Balaban J connectivity index is 0.00000135. The van der Waals surface area contributed by atoms with Crippen molar-refractivity contribution in [1.82, 2.24) is 4.98 Å².